The summed E-state index contributed by atoms with van der Waals surface area (Å²) in [5.74, 6) is 0.853. The summed E-state index contributed by atoms with van der Waals surface area (Å²) >= 11 is 0. The molecule has 0 bridgehead atoms. The molecule has 5 heteroatoms. The predicted molar refractivity (Wildman–Crippen MR) is 138 cm³/mol. The summed E-state index contributed by atoms with van der Waals surface area (Å²) in [6.45, 7) is 19.1. The smallest absolute Gasteiger partial charge is 0.147 e. The number of benzene rings is 1. The van der Waals surface area contributed by atoms with Crippen LogP contribution in [-0.2, 0) is 20.8 Å². The van der Waals surface area contributed by atoms with Crippen molar-refractivity contribution in [2.75, 3.05) is 20.5 Å². The van der Waals surface area contributed by atoms with E-state index in [9.17, 15) is 0 Å². The Kier molecular flexibility index (Phi) is 13.8. The van der Waals surface area contributed by atoms with Gasteiger partial charge in [-0.2, -0.15) is 0 Å². The average Bonchev–Trinajstić information content (AvgIpc) is 2.73. The molecule has 0 amide bonds. The molecule has 182 valence electrons. The van der Waals surface area contributed by atoms with Crippen molar-refractivity contribution in [2.24, 2.45) is 0 Å². The van der Waals surface area contributed by atoms with Crippen LogP contribution in [0.4, 0.5) is 0 Å². The largest absolute Gasteiger partial charge is 0.497 e. The minimum atomic E-state index is -1.09. The molecule has 1 aromatic carbocycles. The molecule has 0 N–H and O–H groups in total. The molecular formula is C27H46O4Si. The van der Waals surface area contributed by atoms with Crippen LogP contribution in [-0.4, -0.2) is 40.8 Å². The Morgan fingerprint density at radius 1 is 1.06 bits per heavy atom. The molecule has 0 aliphatic heterocycles. The molecular weight excluding hydrogens is 416 g/mol. The summed E-state index contributed by atoms with van der Waals surface area (Å²) in [7, 11) is 0.582. The molecule has 0 aliphatic rings. The maximum absolute atomic E-state index is 6.16. The van der Waals surface area contributed by atoms with E-state index in [4.69, 9.17) is 18.9 Å². The summed E-state index contributed by atoms with van der Waals surface area (Å²) in [4.78, 5) is 0. The summed E-state index contributed by atoms with van der Waals surface area (Å²) in [6, 6.07) is 9.13. The standard InChI is InChI=1S/C27H46O4Si/c1-22(2)10-9-11-23(3)12-17-27(31-21-29-18-19-32(6,7)8)24(4)30-20-25-13-15-26(28-5)16-14-25/h12-16,24,27H,1,9-11,17-21H2,2-8H3. The summed E-state index contributed by atoms with van der Waals surface area (Å²) in [5, 5.41) is 0. The zero-order chi connectivity index (χ0) is 24.0. The third-order valence-corrected chi connectivity index (χ3v) is 7.13. The van der Waals surface area contributed by atoms with Crippen LogP contribution in [0.3, 0.4) is 0 Å². The van der Waals surface area contributed by atoms with Crippen LogP contribution in [0, 0.1) is 0 Å². The van der Waals surface area contributed by atoms with Crippen LogP contribution < -0.4 is 4.74 Å². The number of allylic oxidation sites excluding steroid dienone is 2. The Labute approximate surface area is 198 Å². The second kappa shape index (κ2) is 15.4. The van der Waals surface area contributed by atoms with Gasteiger partial charge in [-0.3, -0.25) is 0 Å². The lowest BCUT2D eigenvalue weighted by Crippen LogP contribution is -2.30. The molecule has 0 radical (unpaired) electrons. The maximum atomic E-state index is 6.16. The summed E-state index contributed by atoms with van der Waals surface area (Å²) in [5.41, 5.74) is 3.76. The second-order valence-corrected chi connectivity index (χ2v) is 15.6. The first-order valence-corrected chi connectivity index (χ1v) is 15.6. The van der Waals surface area contributed by atoms with Crippen molar-refractivity contribution in [1.29, 1.82) is 0 Å². The molecule has 1 aromatic rings. The highest BCUT2D eigenvalue weighted by Crippen LogP contribution is 2.18. The van der Waals surface area contributed by atoms with E-state index in [0.717, 1.165) is 49.6 Å². The SMILES string of the molecule is C=C(C)CCCC(C)=CCC(OCOCC[Si](C)(C)C)C(C)OCc1ccc(OC)cc1. The van der Waals surface area contributed by atoms with Crippen molar-refractivity contribution < 1.29 is 18.9 Å². The number of hydrogen-bond acceptors (Lipinski definition) is 4. The Morgan fingerprint density at radius 2 is 1.75 bits per heavy atom. The highest BCUT2D eigenvalue weighted by Gasteiger charge is 2.19. The molecule has 0 spiro atoms. The van der Waals surface area contributed by atoms with E-state index >= 15 is 0 Å². The minimum absolute atomic E-state index is 0.0443. The molecule has 2 unspecified atom stereocenters. The molecule has 0 saturated carbocycles. The van der Waals surface area contributed by atoms with Crippen LogP contribution in [0.15, 0.2) is 48.1 Å². The first kappa shape index (κ1) is 28.6. The number of rotatable bonds is 17. The molecule has 0 saturated heterocycles. The lowest BCUT2D eigenvalue weighted by molar-refractivity contribution is -0.133. The first-order chi connectivity index (χ1) is 15.1. The van der Waals surface area contributed by atoms with E-state index in [0.29, 0.717) is 13.4 Å². The van der Waals surface area contributed by atoms with Crippen LogP contribution >= 0.6 is 0 Å². The zero-order valence-electron chi connectivity index (χ0n) is 21.5. The van der Waals surface area contributed by atoms with Gasteiger partial charge in [0, 0.05) is 14.7 Å². The Balaban J connectivity index is 2.60. The molecule has 2 atom stereocenters. The molecule has 4 nitrogen and oxygen atoms in total. The highest BCUT2D eigenvalue weighted by atomic mass is 28.3. The van der Waals surface area contributed by atoms with Crippen molar-refractivity contribution in [3.63, 3.8) is 0 Å². The van der Waals surface area contributed by atoms with Crippen LogP contribution in [0.1, 0.15) is 52.0 Å². The number of methoxy groups -OCH3 is 1. The third-order valence-electron chi connectivity index (χ3n) is 5.43. The second-order valence-electron chi connectivity index (χ2n) is 10.0. The predicted octanol–water partition coefficient (Wildman–Crippen LogP) is 7.38. The molecule has 0 fully saturated rings. The first-order valence-electron chi connectivity index (χ1n) is 11.8. The van der Waals surface area contributed by atoms with Crippen LogP contribution in [0.2, 0.25) is 25.7 Å². The quantitative estimate of drug-likeness (QED) is 0.105. The maximum Gasteiger partial charge on any atom is 0.147 e. The lowest BCUT2D eigenvalue weighted by Gasteiger charge is -2.24. The molecule has 32 heavy (non-hydrogen) atoms. The fourth-order valence-corrected chi connectivity index (χ4v) is 3.87. The van der Waals surface area contributed by atoms with Gasteiger partial charge in [0.25, 0.3) is 0 Å². The van der Waals surface area contributed by atoms with Gasteiger partial charge in [0.15, 0.2) is 0 Å². The average molecular weight is 463 g/mol. The Bertz CT molecular complexity index is 676. The molecule has 0 heterocycles. The van der Waals surface area contributed by atoms with Gasteiger partial charge >= 0.3 is 0 Å². The Hall–Kier alpha value is -1.40. The summed E-state index contributed by atoms with van der Waals surface area (Å²) in [6.07, 6.45) is 6.34. The van der Waals surface area contributed by atoms with Crippen molar-refractivity contribution in [2.45, 2.75) is 91.0 Å². The molecule has 0 aromatic heterocycles. The number of ether oxygens (including phenoxy) is 4. The van der Waals surface area contributed by atoms with E-state index < -0.39 is 8.07 Å². The zero-order valence-corrected chi connectivity index (χ0v) is 22.5. The Morgan fingerprint density at radius 3 is 2.34 bits per heavy atom. The van der Waals surface area contributed by atoms with Gasteiger partial charge in [-0.25, -0.2) is 0 Å². The third kappa shape index (κ3) is 13.9. The topological polar surface area (TPSA) is 36.9 Å². The number of hydrogen-bond donors (Lipinski definition) is 0. The van der Waals surface area contributed by atoms with E-state index in [1.165, 1.54) is 11.1 Å². The fraction of sp³-hybridized carbons (Fsp3) is 0.630. The van der Waals surface area contributed by atoms with Gasteiger partial charge in [-0.05, 0) is 70.2 Å². The van der Waals surface area contributed by atoms with Gasteiger partial charge in [0.05, 0.1) is 25.9 Å². The van der Waals surface area contributed by atoms with Crippen molar-refractivity contribution >= 4 is 8.07 Å². The van der Waals surface area contributed by atoms with Crippen LogP contribution in [0.5, 0.6) is 5.75 Å². The molecule has 1 rings (SSSR count). The van der Waals surface area contributed by atoms with E-state index in [1.807, 2.05) is 24.3 Å². The lowest BCUT2D eigenvalue weighted by atomic mass is 10.0. The summed E-state index contributed by atoms with van der Waals surface area (Å²) < 4.78 is 23.3. The molecule has 0 aliphatic carbocycles. The van der Waals surface area contributed by atoms with Gasteiger partial charge in [0.1, 0.15) is 12.5 Å². The van der Waals surface area contributed by atoms with Gasteiger partial charge in [-0.15, -0.1) is 6.58 Å². The van der Waals surface area contributed by atoms with E-state index in [-0.39, 0.29) is 12.2 Å². The van der Waals surface area contributed by atoms with Gasteiger partial charge in [0.2, 0.25) is 0 Å². The monoisotopic (exact) mass is 462 g/mol. The minimum Gasteiger partial charge on any atom is -0.497 e. The van der Waals surface area contributed by atoms with E-state index in [2.05, 4.69) is 53.1 Å². The van der Waals surface area contributed by atoms with Crippen molar-refractivity contribution in [1.82, 2.24) is 0 Å². The van der Waals surface area contributed by atoms with Gasteiger partial charge < -0.3 is 18.9 Å². The normalized spacial score (nSPS) is 14.3. The van der Waals surface area contributed by atoms with E-state index in [1.54, 1.807) is 7.11 Å². The fourth-order valence-electron chi connectivity index (χ4n) is 3.11. The van der Waals surface area contributed by atoms with Crippen LogP contribution in [0.25, 0.3) is 0 Å². The van der Waals surface area contributed by atoms with Crippen molar-refractivity contribution in [3.8, 4) is 5.75 Å². The highest BCUT2D eigenvalue weighted by molar-refractivity contribution is 6.76. The van der Waals surface area contributed by atoms with Gasteiger partial charge in [-0.1, -0.05) is 49.0 Å². The van der Waals surface area contributed by atoms with Crippen molar-refractivity contribution in [3.05, 3.63) is 53.6 Å².